The van der Waals surface area contributed by atoms with Gasteiger partial charge >= 0.3 is 0 Å². The van der Waals surface area contributed by atoms with Gasteiger partial charge in [0.1, 0.15) is 17.0 Å². The van der Waals surface area contributed by atoms with Crippen LogP contribution >= 0.6 is 0 Å². The van der Waals surface area contributed by atoms with Crippen LogP contribution in [0.25, 0.3) is 105 Å². The lowest BCUT2D eigenvalue weighted by Gasteiger charge is -2.23. The number of imidazole rings is 1. The highest BCUT2D eigenvalue weighted by molar-refractivity contribution is 6.11. The van der Waals surface area contributed by atoms with Gasteiger partial charge < -0.3 is 13.6 Å². The number of benzene rings is 9. The van der Waals surface area contributed by atoms with Gasteiger partial charge in [0.15, 0.2) is 0 Å². The molecular weight excluding hydrogens is 853 g/mol. The van der Waals surface area contributed by atoms with Gasteiger partial charge in [0.2, 0.25) is 0 Å². The zero-order valence-corrected chi connectivity index (χ0v) is 39.9. The topological polar surface area (TPSA) is 40.8 Å². The van der Waals surface area contributed by atoms with Crippen LogP contribution in [-0.4, -0.2) is 18.7 Å². The summed E-state index contributed by atoms with van der Waals surface area (Å²) >= 11 is 0. The van der Waals surface area contributed by atoms with Crippen molar-refractivity contribution in [2.45, 2.75) is 52.4 Å². The van der Waals surface area contributed by atoms with Crippen LogP contribution in [0.1, 0.15) is 60.8 Å². The molecule has 13 rings (SSSR count). The molecule has 5 heteroatoms. The standard InChI is InChI=1S/C65H52N4O/c1-5-44(48-34-42(3)64(43(4)35-48)67-32-31-66-65(67)45-17-7-6-8-18-45)33-41(2)46-27-29-62-56(38-46)57-39-47(28-30-63(57)70-62)49-36-50(68-58-23-13-9-19-52(58)53-20-10-14-24-59(53)68)40-51(37-49)69-60-25-15-11-21-54(60)55-22-12-16-26-61(55)69/h6-32,34-41,44H,5,33H2,1-4H3. The first kappa shape index (κ1) is 41.8. The summed E-state index contributed by atoms with van der Waals surface area (Å²) < 4.78 is 13.7. The maximum atomic E-state index is 6.60. The van der Waals surface area contributed by atoms with E-state index in [2.05, 4.69) is 242 Å². The van der Waals surface area contributed by atoms with Crippen LogP contribution in [0.4, 0.5) is 0 Å². The SMILES string of the molecule is CCC(CC(C)c1ccc2oc3ccc(-c4cc(-n5c6ccccc6c6ccccc65)cc(-n5c6ccccc6c6ccccc65)c4)cc3c2c1)c1cc(C)c(-n2ccnc2-c2ccccc2)c(C)c1. The zero-order chi connectivity index (χ0) is 47.0. The summed E-state index contributed by atoms with van der Waals surface area (Å²) in [7, 11) is 0. The van der Waals surface area contributed by atoms with E-state index in [0.717, 1.165) is 68.7 Å². The molecule has 0 saturated heterocycles. The second-order valence-electron chi connectivity index (χ2n) is 19.3. The fourth-order valence-corrected chi connectivity index (χ4v) is 11.7. The average molecular weight is 905 g/mol. The smallest absolute Gasteiger partial charge is 0.144 e. The maximum Gasteiger partial charge on any atom is 0.144 e. The van der Waals surface area contributed by atoms with Crippen LogP contribution in [0.3, 0.4) is 0 Å². The predicted molar refractivity (Wildman–Crippen MR) is 292 cm³/mol. The summed E-state index contributed by atoms with van der Waals surface area (Å²) in [6.45, 7) is 9.21. The van der Waals surface area contributed by atoms with Crippen LogP contribution in [0.15, 0.2) is 211 Å². The maximum absolute atomic E-state index is 6.60. The second-order valence-corrected chi connectivity index (χ2v) is 19.3. The first-order chi connectivity index (χ1) is 34.4. The Kier molecular flexibility index (Phi) is 9.95. The molecule has 4 aromatic heterocycles. The average Bonchev–Trinajstić information content (AvgIpc) is 4.19. The molecule has 2 unspecified atom stereocenters. The molecule has 2 atom stereocenters. The van der Waals surface area contributed by atoms with E-state index in [-0.39, 0.29) is 0 Å². The molecule has 0 fully saturated rings. The molecule has 13 aromatic rings. The molecule has 0 aliphatic carbocycles. The van der Waals surface area contributed by atoms with E-state index in [0.29, 0.717) is 11.8 Å². The fraction of sp³-hybridized carbons (Fsp3) is 0.123. The molecule has 0 saturated carbocycles. The number of aromatic nitrogens is 4. The number of hydrogen-bond acceptors (Lipinski definition) is 2. The lowest BCUT2D eigenvalue weighted by Crippen LogP contribution is -2.07. The van der Waals surface area contributed by atoms with Crippen molar-refractivity contribution in [3.63, 3.8) is 0 Å². The Hall–Kier alpha value is -8.41. The second kappa shape index (κ2) is 16.7. The van der Waals surface area contributed by atoms with E-state index in [1.54, 1.807) is 0 Å². The van der Waals surface area contributed by atoms with Crippen molar-refractivity contribution < 1.29 is 4.42 Å². The van der Waals surface area contributed by atoms with E-state index in [9.17, 15) is 0 Å². The van der Waals surface area contributed by atoms with Gasteiger partial charge in [-0.25, -0.2) is 4.98 Å². The Morgan fingerprint density at radius 1 is 0.471 bits per heavy atom. The molecular formula is C65H52N4O. The molecule has 0 aliphatic rings. The highest BCUT2D eigenvalue weighted by Gasteiger charge is 2.22. The number of fused-ring (bicyclic) bond motifs is 9. The number of nitrogens with zero attached hydrogens (tertiary/aromatic N) is 4. The van der Waals surface area contributed by atoms with E-state index < -0.39 is 0 Å². The van der Waals surface area contributed by atoms with Crippen molar-refractivity contribution in [2.24, 2.45) is 0 Å². The summed E-state index contributed by atoms with van der Waals surface area (Å²) in [6.07, 6.45) is 6.10. The normalized spacial score (nSPS) is 12.9. The Bertz CT molecular complexity index is 3880. The van der Waals surface area contributed by atoms with Crippen molar-refractivity contribution in [2.75, 3.05) is 0 Å². The van der Waals surface area contributed by atoms with Crippen molar-refractivity contribution in [1.82, 2.24) is 18.7 Å². The molecule has 9 aromatic carbocycles. The van der Waals surface area contributed by atoms with Crippen LogP contribution in [0, 0.1) is 13.8 Å². The van der Waals surface area contributed by atoms with Gasteiger partial charge in [-0.2, -0.15) is 0 Å². The van der Waals surface area contributed by atoms with E-state index in [1.807, 2.05) is 6.20 Å². The number of furan rings is 1. The Balaban J connectivity index is 0.896. The predicted octanol–water partition coefficient (Wildman–Crippen LogP) is 17.6. The first-order valence-corrected chi connectivity index (χ1v) is 24.7. The van der Waals surface area contributed by atoms with Gasteiger partial charge in [-0.15, -0.1) is 0 Å². The van der Waals surface area contributed by atoms with Crippen molar-refractivity contribution in [3.05, 3.63) is 229 Å². The number of hydrogen-bond donors (Lipinski definition) is 0. The van der Waals surface area contributed by atoms with Gasteiger partial charge in [-0.05, 0) is 139 Å². The van der Waals surface area contributed by atoms with Crippen LogP contribution < -0.4 is 0 Å². The lowest BCUT2D eigenvalue weighted by molar-refractivity contribution is 0.544. The number of rotatable bonds is 10. The minimum Gasteiger partial charge on any atom is -0.456 e. The van der Waals surface area contributed by atoms with Gasteiger partial charge in [-0.1, -0.05) is 141 Å². The highest BCUT2D eigenvalue weighted by Crippen LogP contribution is 2.41. The molecule has 0 amide bonds. The van der Waals surface area contributed by atoms with Crippen molar-refractivity contribution in [3.8, 4) is 39.6 Å². The first-order valence-electron chi connectivity index (χ1n) is 24.7. The van der Waals surface area contributed by atoms with E-state index in [1.165, 1.54) is 71.6 Å². The Morgan fingerprint density at radius 3 is 1.54 bits per heavy atom. The number of para-hydroxylation sites is 4. The monoisotopic (exact) mass is 904 g/mol. The molecule has 70 heavy (non-hydrogen) atoms. The van der Waals surface area contributed by atoms with Gasteiger partial charge in [0, 0.05) is 61.6 Å². The molecule has 0 N–H and O–H groups in total. The van der Waals surface area contributed by atoms with Crippen molar-refractivity contribution in [1.29, 1.82) is 0 Å². The third-order valence-electron chi connectivity index (χ3n) is 15.0. The molecule has 5 nitrogen and oxygen atoms in total. The summed E-state index contributed by atoms with van der Waals surface area (Å²) in [5.41, 5.74) is 18.7. The third kappa shape index (κ3) is 6.79. The minimum atomic E-state index is 0.331. The fourth-order valence-electron chi connectivity index (χ4n) is 11.7. The van der Waals surface area contributed by atoms with Gasteiger partial charge in [0.05, 0.1) is 27.8 Å². The van der Waals surface area contributed by atoms with Crippen LogP contribution in [0.2, 0.25) is 0 Å². The van der Waals surface area contributed by atoms with Gasteiger partial charge in [0.25, 0.3) is 0 Å². The van der Waals surface area contributed by atoms with Gasteiger partial charge in [-0.3, -0.25) is 4.57 Å². The molecule has 0 bridgehead atoms. The molecule has 4 heterocycles. The zero-order valence-electron chi connectivity index (χ0n) is 39.9. The third-order valence-corrected chi connectivity index (χ3v) is 15.0. The quantitative estimate of drug-likeness (QED) is 0.137. The molecule has 0 aliphatic heterocycles. The largest absolute Gasteiger partial charge is 0.456 e. The molecule has 338 valence electrons. The summed E-state index contributed by atoms with van der Waals surface area (Å²) in [6, 6.07) is 71.1. The van der Waals surface area contributed by atoms with Crippen LogP contribution in [0.5, 0.6) is 0 Å². The molecule has 0 radical (unpaired) electrons. The van der Waals surface area contributed by atoms with E-state index >= 15 is 0 Å². The Labute approximate surface area is 407 Å². The summed E-state index contributed by atoms with van der Waals surface area (Å²) in [5.74, 6) is 1.70. The number of aryl methyl sites for hydroxylation is 2. The Morgan fingerprint density at radius 2 is 0.986 bits per heavy atom. The van der Waals surface area contributed by atoms with Crippen LogP contribution in [-0.2, 0) is 0 Å². The minimum absolute atomic E-state index is 0.331. The van der Waals surface area contributed by atoms with E-state index in [4.69, 9.17) is 9.40 Å². The lowest BCUT2D eigenvalue weighted by atomic mass is 9.83. The summed E-state index contributed by atoms with van der Waals surface area (Å²) in [5, 5.41) is 7.26. The summed E-state index contributed by atoms with van der Waals surface area (Å²) in [4.78, 5) is 4.76. The van der Waals surface area contributed by atoms with Crippen molar-refractivity contribution >= 4 is 65.6 Å². The highest BCUT2D eigenvalue weighted by atomic mass is 16.3. The molecule has 0 spiro atoms.